The maximum absolute atomic E-state index is 12.2. The molecule has 3 N–H and O–H groups in total. The lowest BCUT2D eigenvalue weighted by atomic mass is 10.0. The van der Waals surface area contributed by atoms with Gasteiger partial charge in [-0.1, -0.05) is 0 Å². The van der Waals surface area contributed by atoms with Crippen molar-refractivity contribution in [1.82, 2.24) is 15.1 Å². The number of piperidine rings is 1. The lowest BCUT2D eigenvalue weighted by Gasteiger charge is -2.35. The molecule has 2 rings (SSSR count). The van der Waals surface area contributed by atoms with Gasteiger partial charge >= 0.3 is 0 Å². The fourth-order valence-electron chi connectivity index (χ4n) is 2.40. The van der Waals surface area contributed by atoms with Crippen LogP contribution < -0.4 is 5.73 Å². The van der Waals surface area contributed by atoms with Gasteiger partial charge in [-0.05, 0) is 32.3 Å². The van der Waals surface area contributed by atoms with Crippen LogP contribution in [-0.4, -0.2) is 40.1 Å². The first-order chi connectivity index (χ1) is 8.20. The summed E-state index contributed by atoms with van der Waals surface area (Å²) in [6.07, 6.45) is 3.66. The molecule has 17 heavy (non-hydrogen) atoms. The molecule has 5 heteroatoms. The van der Waals surface area contributed by atoms with E-state index in [0.29, 0.717) is 13.0 Å². The molecule has 2 heterocycles. The van der Waals surface area contributed by atoms with E-state index in [4.69, 9.17) is 5.73 Å². The van der Waals surface area contributed by atoms with E-state index in [-0.39, 0.29) is 11.9 Å². The van der Waals surface area contributed by atoms with E-state index in [2.05, 4.69) is 10.2 Å². The summed E-state index contributed by atoms with van der Waals surface area (Å²) in [6, 6.07) is 2.13. The van der Waals surface area contributed by atoms with Crippen LogP contribution in [0, 0.1) is 6.92 Å². The van der Waals surface area contributed by atoms with Crippen LogP contribution in [0.5, 0.6) is 0 Å². The SMILES string of the molecule is Cc1cc(CC(=O)N2CCCC[C@@H]2CN)n[nH]1. The molecule has 1 aromatic rings. The molecule has 1 atom stereocenters. The van der Waals surface area contributed by atoms with Crippen molar-refractivity contribution in [2.24, 2.45) is 5.73 Å². The smallest absolute Gasteiger partial charge is 0.228 e. The number of aromatic nitrogens is 2. The molecule has 0 saturated carbocycles. The molecule has 1 aliphatic rings. The third-order valence-corrected chi connectivity index (χ3v) is 3.31. The van der Waals surface area contributed by atoms with Crippen molar-refractivity contribution >= 4 is 5.91 Å². The highest BCUT2D eigenvalue weighted by Crippen LogP contribution is 2.17. The summed E-state index contributed by atoms with van der Waals surface area (Å²) >= 11 is 0. The highest BCUT2D eigenvalue weighted by molar-refractivity contribution is 5.78. The molecule has 1 amide bonds. The van der Waals surface area contributed by atoms with Crippen molar-refractivity contribution in [1.29, 1.82) is 0 Å². The molecule has 0 bridgehead atoms. The number of aryl methyl sites for hydroxylation is 1. The predicted molar refractivity (Wildman–Crippen MR) is 65.4 cm³/mol. The third kappa shape index (κ3) is 2.85. The summed E-state index contributed by atoms with van der Waals surface area (Å²) in [5.41, 5.74) is 7.51. The quantitative estimate of drug-likeness (QED) is 0.807. The zero-order chi connectivity index (χ0) is 12.3. The summed E-state index contributed by atoms with van der Waals surface area (Å²) in [6.45, 7) is 3.33. The number of nitrogens with one attached hydrogen (secondary N) is 1. The number of aromatic amines is 1. The van der Waals surface area contributed by atoms with Gasteiger partial charge in [0.2, 0.25) is 5.91 Å². The molecule has 94 valence electrons. The molecule has 1 fully saturated rings. The van der Waals surface area contributed by atoms with Crippen LogP contribution >= 0.6 is 0 Å². The van der Waals surface area contributed by atoms with Gasteiger partial charge in [0, 0.05) is 24.8 Å². The Balaban J connectivity index is 1.98. The number of nitrogens with zero attached hydrogens (tertiary/aromatic N) is 2. The first kappa shape index (κ1) is 12.1. The van der Waals surface area contributed by atoms with Crippen molar-refractivity contribution in [3.8, 4) is 0 Å². The van der Waals surface area contributed by atoms with Crippen molar-refractivity contribution in [3.63, 3.8) is 0 Å². The summed E-state index contributed by atoms with van der Waals surface area (Å²) < 4.78 is 0. The average Bonchev–Trinajstić information content (AvgIpc) is 2.74. The fraction of sp³-hybridized carbons (Fsp3) is 0.667. The van der Waals surface area contributed by atoms with E-state index in [9.17, 15) is 4.79 Å². The molecule has 1 saturated heterocycles. The van der Waals surface area contributed by atoms with Gasteiger partial charge in [-0.15, -0.1) is 0 Å². The molecule has 0 aliphatic carbocycles. The van der Waals surface area contributed by atoms with Gasteiger partial charge in [-0.25, -0.2) is 0 Å². The number of nitrogens with two attached hydrogens (primary N) is 1. The first-order valence-corrected chi connectivity index (χ1v) is 6.21. The van der Waals surface area contributed by atoms with Crippen LogP contribution in [0.1, 0.15) is 30.7 Å². The standard InChI is InChI=1S/C12H20N4O/c1-9-6-10(15-14-9)7-12(17)16-5-3-2-4-11(16)8-13/h6,11H,2-5,7-8,13H2,1H3,(H,14,15)/t11-/m1/s1. The number of amides is 1. The van der Waals surface area contributed by atoms with E-state index in [1.165, 1.54) is 6.42 Å². The predicted octanol–water partition coefficient (Wildman–Crippen LogP) is 0.600. The second-order valence-electron chi connectivity index (χ2n) is 4.69. The molecule has 0 aromatic carbocycles. The molecule has 1 aliphatic heterocycles. The van der Waals surface area contributed by atoms with E-state index in [0.717, 1.165) is 30.8 Å². The average molecular weight is 236 g/mol. The Morgan fingerprint density at radius 3 is 3.12 bits per heavy atom. The van der Waals surface area contributed by atoms with Crippen molar-refractivity contribution in [3.05, 3.63) is 17.5 Å². The van der Waals surface area contributed by atoms with Gasteiger partial charge < -0.3 is 10.6 Å². The second-order valence-corrected chi connectivity index (χ2v) is 4.69. The monoisotopic (exact) mass is 236 g/mol. The van der Waals surface area contributed by atoms with Gasteiger partial charge in [0.1, 0.15) is 0 Å². The third-order valence-electron chi connectivity index (χ3n) is 3.31. The van der Waals surface area contributed by atoms with Crippen LogP contribution in [0.2, 0.25) is 0 Å². The highest BCUT2D eigenvalue weighted by atomic mass is 16.2. The van der Waals surface area contributed by atoms with E-state index in [1.54, 1.807) is 0 Å². The number of hydrogen-bond donors (Lipinski definition) is 2. The lowest BCUT2D eigenvalue weighted by Crippen LogP contribution is -2.48. The minimum Gasteiger partial charge on any atom is -0.338 e. The summed E-state index contributed by atoms with van der Waals surface area (Å²) in [7, 11) is 0. The number of carbonyl (C=O) groups is 1. The normalized spacial score (nSPS) is 20.6. The van der Waals surface area contributed by atoms with Crippen molar-refractivity contribution < 1.29 is 4.79 Å². The van der Waals surface area contributed by atoms with Crippen LogP contribution in [0.3, 0.4) is 0 Å². The number of carbonyl (C=O) groups excluding carboxylic acids is 1. The highest BCUT2D eigenvalue weighted by Gasteiger charge is 2.25. The molecule has 1 aromatic heterocycles. The van der Waals surface area contributed by atoms with Gasteiger partial charge in [0.05, 0.1) is 12.1 Å². The Morgan fingerprint density at radius 2 is 2.47 bits per heavy atom. The maximum Gasteiger partial charge on any atom is 0.228 e. The molecular formula is C12H20N4O. The number of hydrogen-bond acceptors (Lipinski definition) is 3. The number of rotatable bonds is 3. The topological polar surface area (TPSA) is 75.0 Å². The van der Waals surface area contributed by atoms with E-state index >= 15 is 0 Å². The minimum absolute atomic E-state index is 0.145. The van der Waals surface area contributed by atoms with Gasteiger partial charge in [0.25, 0.3) is 0 Å². The Kier molecular flexibility index (Phi) is 3.78. The maximum atomic E-state index is 12.2. The zero-order valence-electron chi connectivity index (χ0n) is 10.3. The first-order valence-electron chi connectivity index (χ1n) is 6.21. The molecule has 5 nitrogen and oxygen atoms in total. The Labute approximate surface area is 101 Å². The van der Waals surface area contributed by atoms with Crippen molar-refractivity contribution in [2.75, 3.05) is 13.1 Å². The Morgan fingerprint density at radius 1 is 1.65 bits per heavy atom. The van der Waals surface area contributed by atoms with Crippen LogP contribution in [-0.2, 0) is 11.2 Å². The Hall–Kier alpha value is -1.36. The molecular weight excluding hydrogens is 216 g/mol. The van der Waals surface area contributed by atoms with E-state index in [1.807, 2.05) is 17.9 Å². The summed E-state index contributed by atoms with van der Waals surface area (Å²) in [4.78, 5) is 14.1. The van der Waals surface area contributed by atoms with Gasteiger partial charge in [-0.3, -0.25) is 9.89 Å². The summed E-state index contributed by atoms with van der Waals surface area (Å²) in [5, 5.41) is 6.95. The van der Waals surface area contributed by atoms with Crippen LogP contribution in [0.4, 0.5) is 0 Å². The van der Waals surface area contributed by atoms with Crippen LogP contribution in [0.15, 0.2) is 6.07 Å². The zero-order valence-corrected chi connectivity index (χ0v) is 10.3. The number of likely N-dealkylation sites (tertiary alicyclic amines) is 1. The number of H-pyrrole nitrogens is 1. The minimum atomic E-state index is 0.145. The van der Waals surface area contributed by atoms with Crippen molar-refractivity contribution in [2.45, 2.75) is 38.6 Å². The van der Waals surface area contributed by atoms with E-state index < -0.39 is 0 Å². The second kappa shape index (κ2) is 5.31. The fourth-order valence-corrected chi connectivity index (χ4v) is 2.40. The molecule has 0 spiro atoms. The summed E-state index contributed by atoms with van der Waals surface area (Å²) in [5.74, 6) is 0.145. The molecule has 0 unspecified atom stereocenters. The largest absolute Gasteiger partial charge is 0.338 e. The lowest BCUT2D eigenvalue weighted by molar-refractivity contribution is -0.133. The molecule has 0 radical (unpaired) electrons. The van der Waals surface area contributed by atoms with Gasteiger partial charge in [0.15, 0.2) is 0 Å². The van der Waals surface area contributed by atoms with Gasteiger partial charge in [-0.2, -0.15) is 5.10 Å². The Bertz CT molecular complexity index is 388. The van der Waals surface area contributed by atoms with Crippen LogP contribution in [0.25, 0.3) is 0 Å².